The lowest BCUT2D eigenvalue weighted by atomic mass is 10.1. The molecule has 0 aromatic rings. The maximum Gasteiger partial charge on any atom is 0.472 e. The highest BCUT2D eigenvalue weighted by molar-refractivity contribution is 7.47. The van der Waals surface area contributed by atoms with E-state index in [4.69, 9.17) is 37.0 Å². The van der Waals surface area contributed by atoms with Gasteiger partial charge in [-0.2, -0.15) is 0 Å². The van der Waals surface area contributed by atoms with E-state index in [1.54, 1.807) is 0 Å². The minimum absolute atomic E-state index is 0.0249. The van der Waals surface area contributed by atoms with E-state index in [-0.39, 0.29) is 25.7 Å². The fourth-order valence-corrected chi connectivity index (χ4v) is 11.4. The number of phosphoric acid groups is 2. The molecule has 0 radical (unpaired) electrons. The van der Waals surface area contributed by atoms with Crippen molar-refractivity contribution >= 4 is 39.5 Å². The van der Waals surface area contributed by atoms with E-state index in [0.717, 1.165) is 180 Å². The molecule has 0 aliphatic heterocycles. The molecule has 5 unspecified atom stereocenters. The first-order valence-corrected chi connectivity index (χ1v) is 43.0. The van der Waals surface area contributed by atoms with Crippen LogP contribution in [0.5, 0.6) is 0 Å². The van der Waals surface area contributed by atoms with Crippen molar-refractivity contribution in [3.05, 3.63) is 182 Å². The van der Waals surface area contributed by atoms with E-state index in [1.165, 1.54) is 19.3 Å². The predicted octanol–water partition coefficient (Wildman–Crippen LogP) is 23.6. The van der Waals surface area contributed by atoms with Gasteiger partial charge in [-0.25, -0.2) is 9.13 Å². The van der Waals surface area contributed by atoms with Crippen LogP contribution in [0.15, 0.2) is 182 Å². The summed E-state index contributed by atoms with van der Waals surface area (Å²) in [4.78, 5) is 73.0. The van der Waals surface area contributed by atoms with Crippen LogP contribution in [0.3, 0.4) is 0 Å². The molecular weight excluding hydrogens is 1380 g/mol. The van der Waals surface area contributed by atoms with Crippen LogP contribution >= 0.6 is 15.6 Å². The van der Waals surface area contributed by atoms with Crippen molar-refractivity contribution in [2.45, 2.75) is 303 Å². The number of phosphoric ester groups is 2. The number of aliphatic hydroxyl groups is 1. The minimum Gasteiger partial charge on any atom is -0.462 e. The van der Waals surface area contributed by atoms with Gasteiger partial charge < -0.3 is 33.8 Å². The number of hydrogen-bond donors (Lipinski definition) is 3. The average molecular weight is 1520 g/mol. The molecule has 0 bridgehead atoms. The van der Waals surface area contributed by atoms with Crippen molar-refractivity contribution in [1.82, 2.24) is 0 Å². The second kappa shape index (κ2) is 77.3. The molecule has 0 aromatic heterocycles. The van der Waals surface area contributed by atoms with Crippen LogP contribution in [0.4, 0.5) is 0 Å². The number of aliphatic hydroxyl groups excluding tert-OH is 1. The van der Waals surface area contributed by atoms with Gasteiger partial charge in [0, 0.05) is 25.7 Å². The Morgan fingerprint density at radius 3 is 0.811 bits per heavy atom. The Morgan fingerprint density at radius 1 is 0.274 bits per heavy atom. The zero-order valence-corrected chi connectivity index (χ0v) is 67.3. The van der Waals surface area contributed by atoms with Crippen LogP contribution in [0.2, 0.25) is 0 Å². The van der Waals surface area contributed by atoms with Gasteiger partial charge in [0.2, 0.25) is 0 Å². The Kier molecular flexibility index (Phi) is 73.1. The maximum absolute atomic E-state index is 13.1. The van der Waals surface area contributed by atoms with Gasteiger partial charge >= 0.3 is 39.5 Å². The van der Waals surface area contributed by atoms with E-state index in [0.29, 0.717) is 32.1 Å². The lowest BCUT2D eigenvalue weighted by Gasteiger charge is -2.21. The SMILES string of the molecule is CC/C=C\C/C=C\C/C=C\C/C=C\C/C=C\C/C=C\CCC(=O)OCC(COP(=O)(O)OCC(O)COP(=O)(O)OCC(COC(=O)CCCCCC/C=C\C/C=C\C/C=C\C/C=C\CC)OC(=O)CCCCCCC/C=C\C/C=C\CCCCC)OC(=O)CCCCCCC/C=C\C/C=C\C/C=C\CC. The van der Waals surface area contributed by atoms with Crippen molar-refractivity contribution in [2.75, 3.05) is 39.6 Å². The van der Waals surface area contributed by atoms with E-state index in [1.807, 2.05) is 18.2 Å². The van der Waals surface area contributed by atoms with Crippen molar-refractivity contribution in [3.63, 3.8) is 0 Å². The van der Waals surface area contributed by atoms with Gasteiger partial charge in [-0.1, -0.05) is 274 Å². The molecule has 0 amide bonds. The molecular formula is C87H140O17P2. The van der Waals surface area contributed by atoms with Crippen LogP contribution in [-0.4, -0.2) is 96.7 Å². The van der Waals surface area contributed by atoms with Crippen LogP contribution in [0.1, 0.15) is 285 Å². The fraction of sp³-hybridized carbons (Fsp3) is 0.609. The molecule has 0 heterocycles. The highest BCUT2D eigenvalue weighted by Gasteiger charge is 2.30. The Bertz CT molecular complexity index is 2730. The molecule has 0 aliphatic rings. The summed E-state index contributed by atoms with van der Waals surface area (Å²) in [6.07, 6.45) is 93.1. The number of allylic oxidation sites excluding steroid dienone is 30. The summed E-state index contributed by atoms with van der Waals surface area (Å²) < 4.78 is 68.5. The minimum atomic E-state index is -5.01. The zero-order chi connectivity index (χ0) is 77.4. The van der Waals surface area contributed by atoms with Crippen LogP contribution < -0.4 is 0 Å². The number of unbranched alkanes of at least 4 members (excludes halogenated alkanes) is 17. The molecule has 0 saturated heterocycles. The third kappa shape index (κ3) is 76.4. The first-order valence-electron chi connectivity index (χ1n) is 40.0. The summed E-state index contributed by atoms with van der Waals surface area (Å²) in [6.45, 7) is 4.34. The van der Waals surface area contributed by atoms with Gasteiger partial charge in [0.1, 0.15) is 19.3 Å². The normalized spacial score (nSPS) is 14.8. The Morgan fingerprint density at radius 2 is 0.509 bits per heavy atom. The number of carbonyl (C=O) groups excluding carboxylic acids is 4. The maximum atomic E-state index is 13.1. The van der Waals surface area contributed by atoms with Crippen LogP contribution in [-0.2, 0) is 65.4 Å². The molecule has 0 aromatic carbocycles. The zero-order valence-electron chi connectivity index (χ0n) is 65.5. The van der Waals surface area contributed by atoms with Gasteiger partial charge in [-0.15, -0.1) is 0 Å². The number of esters is 4. The molecule has 17 nitrogen and oxygen atoms in total. The summed E-state index contributed by atoms with van der Waals surface area (Å²) in [5.74, 6) is -2.35. The molecule has 19 heteroatoms. The monoisotopic (exact) mass is 1520 g/mol. The largest absolute Gasteiger partial charge is 0.472 e. The fourth-order valence-electron chi connectivity index (χ4n) is 9.87. The molecule has 0 rings (SSSR count). The second-order valence-electron chi connectivity index (χ2n) is 25.9. The van der Waals surface area contributed by atoms with Crippen molar-refractivity contribution < 1.29 is 80.2 Å². The predicted molar refractivity (Wildman–Crippen MR) is 436 cm³/mol. The Labute approximate surface area is 641 Å². The molecule has 0 fully saturated rings. The highest BCUT2D eigenvalue weighted by atomic mass is 31.2. The third-order valence-electron chi connectivity index (χ3n) is 15.9. The van der Waals surface area contributed by atoms with Gasteiger partial charge in [-0.3, -0.25) is 37.3 Å². The van der Waals surface area contributed by atoms with Crippen LogP contribution in [0.25, 0.3) is 0 Å². The Balaban J connectivity index is 5.49. The molecule has 106 heavy (non-hydrogen) atoms. The first kappa shape index (κ1) is 100. The first-order chi connectivity index (χ1) is 51.7. The van der Waals surface area contributed by atoms with Crippen molar-refractivity contribution in [2.24, 2.45) is 0 Å². The standard InChI is InChI=1S/C87H140O17P2/c1-5-9-13-17-21-25-29-33-37-39-40-42-46-48-52-56-60-64-68-72-85(90)98-78-83(104-87(92)74-70-66-62-58-54-50-44-36-32-28-24-20-16-12-8-4)80-102-106(95,96)100-76-81(88)75-99-105(93,94)101-79-82(103-86(91)73-69-65-61-57-53-49-43-35-31-27-23-19-15-11-7-3)77-97-84(89)71-67-63-59-55-51-47-45-41-38-34-30-26-22-18-14-10-6-2/h9-10,12-14,16,21-28,33-38,40,42-45,47-48,52,60,64,81-83,88H,5-8,11,15,17-20,29-32,39,41,46,49-51,53-59,61-63,65-80H2,1-4H3,(H,93,94)(H,95,96)/b13-9-,14-10-,16-12-,25-21-,26-22-,27-23-,28-24-,37-33-,38-34-,42-40-,43-35-,44-36-,47-45-,52-48-,64-60-. The number of hydrogen-bond acceptors (Lipinski definition) is 15. The lowest BCUT2D eigenvalue weighted by molar-refractivity contribution is -0.161. The molecule has 0 saturated carbocycles. The molecule has 0 spiro atoms. The van der Waals surface area contributed by atoms with Gasteiger partial charge in [-0.05, 0) is 167 Å². The van der Waals surface area contributed by atoms with E-state index >= 15 is 0 Å². The molecule has 3 N–H and O–H groups in total. The van der Waals surface area contributed by atoms with Crippen molar-refractivity contribution in [1.29, 1.82) is 0 Å². The van der Waals surface area contributed by atoms with Crippen LogP contribution in [0, 0.1) is 0 Å². The van der Waals surface area contributed by atoms with Crippen molar-refractivity contribution in [3.8, 4) is 0 Å². The molecule has 0 aliphatic carbocycles. The highest BCUT2D eigenvalue weighted by Crippen LogP contribution is 2.45. The smallest absolute Gasteiger partial charge is 0.462 e. The lowest BCUT2D eigenvalue weighted by Crippen LogP contribution is -2.30. The van der Waals surface area contributed by atoms with E-state index < -0.39 is 97.5 Å². The summed E-state index contributed by atoms with van der Waals surface area (Å²) >= 11 is 0. The molecule has 600 valence electrons. The molecule has 5 atom stereocenters. The second-order valence-corrected chi connectivity index (χ2v) is 28.8. The summed E-state index contributed by atoms with van der Waals surface area (Å²) in [5, 5.41) is 10.6. The number of ether oxygens (including phenoxy) is 4. The Hall–Kier alpha value is -5.84. The number of rotatable bonds is 73. The summed E-state index contributed by atoms with van der Waals surface area (Å²) in [7, 11) is -10.0. The third-order valence-corrected chi connectivity index (χ3v) is 17.8. The van der Waals surface area contributed by atoms with Gasteiger partial charge in [0.25, 0.3) is 0 Å². The summed E-state index contributed by atoms with van der Waals surface area (Å²) in [6, 6.07) is 0. The van der Waals surface area contributed by atoms with E-state index in [9.17, 15) is 43.2 Å². The topological polar surface area (TPSA) is 237 Å². The van der Waals surface area contributed by atoms with Gasteiger partial charge in [0.05, 0.1) is 26.4 Å². The summed E-state index contributed by atoms with van der Waals surface area (Å²) in [5.41, 5.74) is 0. The van der Waals surface area contributed by atoms with Gasteiger partial charge in [0.15, 0.2) is 12.2 Å². The number of carbonyl (C=O) groups is 4. The average Bonchev–Trinajstić information content (AvgIpc) is 0.909. The van der Waals surface area contributed by atoms with E-state index in [2.05, 4.69) is 192 Å². The quantitative estimate of drug-likeness (QED) is 0.0169.